The van der Waals surface area contributed by atoms with Gasteiger partial charge in [-0.25, -0.2) is 4.79 Å². The molecule has 0 spiro atoms. The Kier molecular flexibility index (Phi) is 11.5. The van der Waals surface area contributed by atoms with Crippen LogP contribution in [-0.4, -0.2) is 90.4 Å². The molecular weight excluding hydrogens is 502 g/mol. The van der Waals surface area contributed by atoms with Crippen LogP contribution in [0.3, 0.4) is 0 Å². The van der Waals surface area contributed by atoms with Crippen LogP contribution >= 0.6 is 0 Å². The number of morpholine rings is 1. The van der Waals surface area contributed by atoms with E-state index in [1.807, 2.05) is 54.6 Å². The molecule has 1 aliphatic heterocycles. The number of carboxylic acid groups (broad SMARTS) is 1. The molecule has 0 saturated carbocycles. The molecule has 0 unspecified atom stereocenters. The van der Waals surface area contributed by atoms with Crippen molar-refractivity contribution >= 4 is 12.1 Å². The van der Waals surface area contributed by atoms with E-state index in [0.717, 1.165) is 49.7 Å². The lowest BCUT2D eigenvalue weighted by Crippen LogP contribution is -2.57. The van der Waals surface area contributed by atoms with Crippen molar-refractivity contribution < 1.29 is 34.0 Å². The summed E-state index contributed by atoms with van der Waals surface area (Å²) in [4.78, 5) is 26.9. The van der Waals surface area contributed by atoms with Crippen LogP contribution in [0.2, 0.25) is 0 Å². The number of alkyl carbamates (subject to hydrolysis) is 1. The van der Waals surface area contributed by atoms with Gasteiger partial charge in [0.1, 0.15) is 30.1 Å². The summed E-state index contributed by atoms with van der Waals surface area (Å²) in [5.74, 6) is -0.499. The van der Waals surface area contributed by atoms with Gasteiger partial charge in [0.2, 0.25) is 0 Å². The van der Waals surface area contributed by atoms with Gasteiger partial charge in [-0.05, 0) is 50.5 Å². The van der Waals surface area contributed by atoms with Crippen molar-refractivity contribution in [3.63, 3.8) is 0 Å². The van der Waals surface area contributed by atoms with Gasteiger partial charge < -0.3 is 29.7 Å². The van der Waals surface area contributed by atoms with Gasteiger partial charge in [-0.1, -0.05) is 42.5 Å². The number of rotatable bonds is 13. The minimum atomic E-state index is -1.43. The van der Waals surface area contributed by atoms with Gasteiger partial charge in [-0.15, -0.1) is 0 Å². The fraction of sp³-hybridized carbons (Fsp3) is 0.517. The molecule has 3 atom stereocenters. The van der Waals surface area contributed by atoms with E-state index in [-0.39, 0.29) is 13.0 Å². The quantitative estimate of drug-likeness (QED) is 0.301. The topological polar surface area (TPSA) is 130 Å². The average Bonchev–Trinajstić information content (AvgIpc) is 2.89. The highest BCUT2D eigenvalue weighted by atomic mass is 16.6. The molecule has 1 fully saturated rings. The van der Waals surface area contributed by atoms with E-state index in [1.165, 1.54) is 0 Å². The summed E-state index contributed by atoms with van der Waals surface area (Å²) in [5, 5.41) is 26.6. The molecular formula is C29H41N3O7. The van der Waals surface area contributed by atoms with Crippen LogP contribution in [-0.2, 0) is 27.2 Å². The zero-order chi connectivity index (χ0) is 28.3. The normalized spacial score (nSPS) is 16.6. The largest absolute Gasteiger partial charge is 0.492 e. The number of aliphatic carboxylic acids is 1. The molecule has 10 nitrogen and oxygen atoms in total. The fourth-order valence-electron chi connectivity index (χ4n) is 4.22. The van der Waals surface area contributed by atoms with Gasteiger partial charge in [0.25, 0.3) is 0 Å². The Morgan fingerprint density at radius 2 is 1.69 bits per heavy atom. The summed E-state index contributed by atoms with van der Waals surface area (Å²) in [6.45, 7) is 10.1. The number of aliphatic hydroxyl groups is 1. The van der Waals surface area contributed by atoms with E-state index in [0.29, 0.717) is 6.61 Å². The molecule has 10 heteroatoms. The lowest BCUT2D eigenvalue weighted by atomic mass is 9.96. The van der Waals surface area contributed by atoms with Crippen LogP contribution in [0.25, 0.3) is 0 Å². The Morgan fingerprint density at radius 1 is 1.03 bits per heavy atom. The molecule has 2 aromatic rings. The number of amides is 1. The van der Waals surface area contributed by atoms with E-state index < -0.39 is 35.9 Å². The van der Waals surface area contributed by atoms with Gasteiger partial charge >= 0.3 is 12.1 Å². The van der Waals surface area contributed by atoms with Gasteiger partial charge in [0.05, 0.1) is 19.3 Å². The fourth-order valence-corrected chi connectivity index (χ4v) is 4.22. The molecule has 214 valence electrons. The maximum atomic E-state index is 12.5. The molecule has 39 heavy (non-hydrogen) atoms. The van der Waals surface area contributed by atoms with E-state index in [1.54, 1.807) is 20.8 Å². The van der Waals surface area contributed by atoms with Crippen LogP contribution in [0.4, 0.5) is 4.79 Å². The van der Waals surface area contributed by atoms with E-state index >= 15 is 0 Å². The summed E-state index contributed by atoms with van der Waals surface area (Å²) in [6.07, 6.45) is -1.93. The Balaban J connectivity index is 1.59. The first-order valence-electron chi connectivity index (χ1n) is 13.3. The van der Waals surface area contributed by atoms with E-state index in [4.69, 9.17) is 14.2 Å². The molecule has 0 bridgehead atoms. The Hall–Kier alpha value is -3.18. The second-order valence-corrected chi connectivity index (χ2v) is 10.6. The monoisotopic (exact) mass is 543 g/mol. The molecule has 0 aliphatic carbocycles. The second kappa shape index (κ2) is 14.8. The zero-order valence-corrected chi connectivity index (χ0v) is 23.0. The summed E-state index contributed by atoms with van der Waals surface area (Å²) < 4.78 is 16.5. The van der Waals surface area contributed by atoms with Crippen LogP contribution in [0, 0.1) is 0 Å². The number of carbonyl (C=O) groups is 2. The number of carboxylic acids is 1. The number of benzene rings is 2. The third-order valence-corrected chi connectivity index (χ3v) is 6.25. The number of hydrogen-bond acceptors (Lipinski definition) is 8. The smallest absolute Gasteiger partial charge is 0.407 e. The van der Waals surface area contributed by atoms with Crippen molar-refractivity contribution in [3.8, 4) is 5.75 Å². The Labute approximate surface area is 230 Å². The van der Waals surface area contributed by atoms with Crippen molar-refractivity contribution in [1.29, 1.82) is 0 Å². The highest BCUT2D eigenvalue weighted by Crippen LogP contribution is 2.15. The molecule has 4 N–H and O–H groups in total. The van der Waals surface area contributed by atoms with E-state index in [9.17, 15) is 19.8 Å². The Morgan fingerprint density at radius 3 is 2.31 bits per heavy atom. The van der Waals surface area contributed by atoms with Crippen LogP contribution in [0.5, 0.6) is 5.75 Å². The van der Waals surface area contributed by atoms with Crippen molar-refractivity contribution in [2.75, 3.05) is 39.5 Å². The predicted octanol–water partition coefficient (Wildman–Crippen LogP) is 2.44. The first-order chi connectivity index (χ1) is 18.6. The second-order valence-electron chi connectivity index (χ2n) is 10.6. The Bertz CT molecular complexity index is 1020. The standard InChI is InChI=1S/C29H41N3O7/c1-29(2,3)39-28(36)31-24(19-21-7-5-4-6-8-21)26(33)25(27(34)35)30-20-22-9-11-23(12-10-22)38-18-15-32-13-16-37-17-14-32/h4-12,24-26,30,33H,13-20H2,1-3H3,(H,31,36)(H,34,35)/t24-,25+,26+/m0/s1. The summed E-state index contributed by atoms with van der Waals surface area (Å²) >= 11 is 0. The number of carbonyl (C=O) groups excluding carboxylic acids is 1. The van der Waals surface area contributed by atoms with Crippen molar-refractivity contribution in [3.05, 3.63) is 65.7 Å². The van der Waals surface area contributed by atoms with E-state index in [2.05, 4.69) is 15.5 Å². The lowest BCUT2D eigenvalue weighted by Gasteiger charge is -2.30. The highest BCUT2D eigenvalue weighted by Gasteiger charge is 2.34. The minimum Gasteiger partial charge on any atom is -0.492 e. The van der Waals surface area contributed by atoms with Crippen molar-refractivity contribution in [2.24, 2.45) is 0 Å². The van der Waals surface area contributed by atoms with Gasteiger partial charge in [-0.3, -0.25) is 15.0 Å². The van der Waals surface area contributed by atoms with Crippen molar-refractivity contribution in [2.45, 2.75) is 57.5 Å². The third kappa shape index (κ3) is 10.8. The van der Waals surface area contributed by atoms with Crippen LogP contribution < -0.4 is 15.4 Å². The van der Waals surface area contributed by atoms with Crippen molar-refractivity contribution in [1.82, 2.24) is 15.5 Å². The molecule has 2 aromatic carbocycles. The number of nitrogens with zero attached hydrogens (tertiary/aromatic N) is 1. The maximum Gasteiger partial charge on any atom is 0.407 e. The number of aliphatic hydroxyl groups excluding tert-OH is 1. The summed E-state index contributed by atoms with van der Waals surface area (Å²) in [7, 11) is 0. The number of hydrogen-bond donors (Lipinski definition) is 4. The van der Waals surface area contributed by atoms with Gasteiger partial charge in [0, 0.05) is 26.2 Å². The summed E-state index contributed by atoms with van der Waals surface area (Å²) in [6, 6.07) is 14.4. The third-order valence-electron chi connectivity index (χ3n) is 6.25. The molecule has 1 aliphatic rings. The first kappa shape index (κ1) is 30.4. The molecule has 1 saturated heterocycles. The van der Waals surface area contributed by atoms with Crippen LogP contribution in [0.1, 0.15) is 31.9 Å². The number of ether oxygens (including phenoxy) is 3. The average molecular weight is 544 g/mol. The zero-order valence-electron chi connectivity index (χ0n) is 23.0. The minimum absolute atomic E-state index is 0.201. The first-order valence-corrected chi connectivity index (χ1v) is 13.3. The summed E-state index contributed by atoms with van der Waals surface area (Å²) in [5.41, 5.74) is 0.925. The van der Waals surface area contributed by atoms with Gasteiger partial charge in [-0.2, -0.15) is 0 Å². The molecule has 1 heterocycles. The molecule has 0 aromatic heterocycles. The highest BCUT2D eigenvalue weighted by molar-refractivity contribution is 5.75. The molecule has 0 radical (unpaired) electrons. The number of nitrogens with one attached hydrogen (secondary N) is 2. The maximum absolute atomic E-state index is 12.5. The molecule has 3 rings (SSSR count). The molecule has 1 amide bonds. The SMILES string of the molecule is CC(C)(C)OC(=O)N[C@@H](Cc1ccccc1)[C@@H](O)[C@@H](NCc1ccc(OCCN2CCOCC2)cc1)C(=O)O. The van der Waals surface area contributed by atoms with Crippen LogP contribution in [0.15, 0.2) is 54.6 Å². The predicted molar refractivity (Wildman–Crippen MR) is 147 cm³/mol. The lowest BCUT2D eigenvalue weighted by molar-refractivity contribution is -0.143. The van der Waals surface area contributed by atoms with Gasteiger partial charge in [0.15, 0.2) is 0 Å².